The Bertz CT molecular complexity index is 1380. The Morgan fingerprint density at radius 1 is 0.868 bits per heavy atom. The average molecular weight is 509 g/mol. The molecule has 0 atom stereocenters. The molecule has 0 aliphatic rings. The van der Waals surface area contributed by atoms with Gasteiger partial charge in [-0.25, -0.2) is 10.2 Å². The molecular weight excluding hydrogens is 480 g/mol. The zero-order valence-electron chi connectivity index (χ0n) is 21.1. The Hall–Kier alpha value is -4.75. The largest absolute Gasteiger partial charge is 0.490 e. The molecule has 0 saturated carbocycles. The second-order valence-corrected chi connectivity index (χ2v) is 8.54. The van der Waals surface area contributed by atoms with E-state index < -0.39 is 17.5 Å². The molecular formula is C31H28N2O5. The number of nitrogens with zero attached hydrogens (tertiary/aromatic N) is 1. The molecule has 0 unspecified atom stereocenters. The van der Waals surface area contributed by atoms with Gasteiger partial charge in [0.25, 0.3) is 5.91 Å². The van der Waals surface area contributed by atoms with Crippen molar-refractivity contribution >= 4 is 18.1 Å². The quantitative estimate of drug-likeness (QED) is 0.144. The first-order valence-electron chi connectivity index (χ1n) is 12.1. The molecule has 38 heavy (non-hydrogen) atoms. The fourth-order valence-corrected chi connectivity index (χ4v) is 3.84. The maximum Gasteiger partial charge on any atom is 0.343 e. The number of aryl methyl sites for hydroxylation is 1. The van der Waals surface area contributed by atoms with E-state index >= 15 is 0 Å². The molecule has 7 heteroatoms. The van der Waals surface area contributed by atoms with Crippen LogP contribution in [-0.4, -0.2) is 29.8 Å². The molecule has 0 aliphatic heterocycles. The molecule has 0 fully saturated rings. The normalized spacial score (nSPS) is 11.2. The minimum atomic E-state index is -1.94. The van der Waals surface area contributed by atoms with Crippen LogP contribution in [0, 0.1) is 6.92 Å². The van der Waals surface area contributed by atoms with Gasteiger partial charge < -0.3 is 14.6 Å². The van der Waals surface area contributed by atoms with Gasteiger partial charge in [-0.1, -0.05) is 78.4 Å². The number of benzene rings is 4. The average Bonchev–Trinajstić information content (AvgIpc) is 2.95. The number of nitrogens with one attached hydrogen (secondary N) is 1. The Kier molecular flexibility index (Phi) is 8.30. The van der Waals surface area contributed by atoms with Crippen LogP contribution in [0.25, 0.3) is 0 Å². The van der Waals surface area contributed by atoms with Crippen molar-refractivity contribution in [1.82, 2.24) is 5.43 Å². The summed E-state index contributed by atoms with van der Waals surface area (Å²) in [5, 5.41) is 15.6. The summed E-state index contributed by atoms with van der Waals surface area (Å²) in [5.74, 6) is -0.588. The highest BCUT2D eigenvalue weighted by Gasteiger charge is 2.39. The molecule has 0 aliphatic carbocycles. The molecule has 192 valence electrons. The van der Waals surface area contributed by atoms with Gasteiger partial charge in [0.1, 0.15) is 0 Å². The van der Waals surface area contributed by atoms with Gasteiger partial charge in [-0.3, -0.25) is 4.79 Å². The van der Waals surface area contributed by atoms with Gasteiger partial charge in [-0.15, -0.1) is 0 Å². The Balaban J connectivity index is 1.52. The summed E-state index contributed by atoms with van der Waals surface area (Å²) in [4.78, 5) is 25.8. The van der Waals surface area contributed by atoms with Crippen molar-refractivity contribution in [3.05, 3.63) is 131 Å². The highest BCUT2D eigenvalue weighted by molar-refractivity contribution is 5.92. The molecule has 0 bridgehead atoms. The van der Waals surface area contributed by atoms with E-state index in [0.717, 1.165) is 5.56 Å². The van der Waals surface area contributed by atoms with Crippen LogP contribution >= 0.6 is 0 Å². The van der Waals surface area contributed by atoms with E-state index in [2.05, 4.69) is 10.5 Å². The standard InChI is InChI=1S/C31H28N2O5/c1-3-37-28-20-23(16-19-27(28)38-29(34)24-17-14-22(2)15-18-24)21-32-33-30(35)31(36,25-10-6-4-7-11-25)26-12-8-5-9-13-26/h4-21,36H,3H2,1-2H3,(H,33,35)/b32-21-. The van der Waals surface area contributed by atoms with E-state index in [9.17, 15) is 14.7 Å². The smallest absolute Gasteiger partial charge is 0.343 e. The van der Waals surface area contributed by atoms with E-state index in [1.165, 1.54) is 6.21 Å². The Labute approximate surface area is 221 Å². The van der Waals surface area contributed by atoms with Gasteiger partial charge in [0, 0.05) is 0 Å². The van der Waals surface area contributed by atoms with E-state index in [1.807, 2.05) is 38.1 Å². The number of hydrogen-bond donors (Lipinski definition) is 2. The number of aliphatic hydroxyl groups is 1. The van der Waals surface area contributed by atoms with E-state index in [0.29, 0.717) is 34.6 Å². The van der Waals surface area contributed by atoms with Crippen LogP contribution in [0.3, 0.4) is 0 Å². The molecule has 0 heterocycles. The summed E-state index contributed by atoms with van der Waals surface area (Å²) in [6.45, 7) is 4.11. The fraction of sp³-hybridized carbons (Fsp3) is 0.129. The predicted octanol–water partition coefficient (Wildman–Crippen LogP) is 5.00. The van der Waals surface area contributed by atoms with Gasteiger partial charge >= 0.3 is 5.97 Å². The molecule has 0 radical (unpaired) electrons. The zero-order valence-corrected chi connectivity index (χ0v) is 21.1. The number of esters is 1. The van der Waals surface area contributed by atoms with Gasteiger partial charge in [-0.05, 0) is 60.9 Å². The molecule has 7 nitrogen and oxygen atoms in total. The van der Waals surface area contributed by atoms with Crippen molar-refractivity contribution in [3.63, 3.8) is 0 Å². The summed E-state index contributed by atoms with van der Waals surface area (Å²) in [5.41, 5.74) is 3.39. The third kappa shape index (κ3) is 5.96. The summed E-state index contributed by atoms with van der Waals surface area (Å²) < 4.78 is 11.2. The summed E-state index contributed by atoms with van der Waals surface area (Å²) in [6.07, 6.45) is 1.42. The van der Waals surface area contributed by atoms with Crippen molar-refractivity contribution in [2.75, 3.05) is 6.61 Å². The Morgan fingerprint density at radius 3 is 2.05 bits per heavy atom. The lowest BCUT2D eigenvalue weighted by Gasteiger charge is -2.27. The van der Waals surface area contributed by atoms with Crippen molar-refractivity contribution in [3.8, 4) is 11.5 Å². The number of ether oxygens (including phenoxy) is 2. The molecule has 0 spiro atoms. The minimum Gasteiger partial charge on any atom is -0.490 e. The van der Waals surface area contributed by atoms with Crippen molar-refractivity contribution < 1.29 is 24.2 Å². The lowest BCUT2D eigenvalue weighted by Crippen LogP contribution is -2.43. The number of carbonyl (C=O) groups excluding carboxylic acids is 2. The summed E-state index contributed by atoms with van der Waals surface area (Å²) >= 11 is 0. The SMILES string of the molecule is CCOc1cc(/C=N\NC(=O)C(O)(c2ccccc2)c2ccccc2)ccc1OC(=O)c1ccc(C)cc1. The summed E-state index contributed by atoms with van der Waals surface area (Å²) in [6, 6.07) is 29.4. The number of carbonyl (C=O) groups is 2. The maximum atomic E-state index is 13.2. The molecule has 0 aromatic heterocycles. The monoisotopic (exact) mass is 508 g/mol. The van der Waals surface area contributed by atoms with E-state index in [-0.39, 0.29) is 5.75 Å². The van der Waals surface area contributed by atoms with Crippen LogP contribution < -0.4 is 14.9 Å². The van der Waals surface area contributed by atoms with Crippen LogP contribution in [0.2, 0.25) is 0 Å². The highest BCUT2D eigenvalue weighted by Crippen LogP contribution is 2.31. The first kappa shape index (κ1) is 26.3. The molecule has 0 saturated heterocycles. The van der Waals surface area contributed by atoms with Crippen molar-refractivity contribution in [2.45, 2.75) is 19.4 Å². The first-order chi connectivity index (χ1) is 18.4. The molecule has 4 rings (SSSR count). The third-order valence-corrected chi connectivity index (χ3v) is 5.85. The molecule has 1 amide bonds. The second kappa shape index (κ2) is 12.0. The van der Waals surface area contributed by atoms with Gasteiger partial charge in [-0.2, -0.15) is 5.10 Å². The summed E-state index contributed by atoms with van der Waals surface area (Å²) in [7, 11) is 0. The fourth-order valence-electron chi connectivity index (χ4n) is 3.84. The lowest BCUT2D eigenvalue weighted by molar-refractivity contribution is -0.136. The highest BCUT2D eigenvalue weighted by atomic mass is 16.6. The topological polar surface area (TPSA) is 97.2 Å². The van der Waals surface area contributed by atoms with Gasteiger partial charge in [0.05, 0.1) is 18.4 Å². The second-order valence-electron chi connectivity index (χ2n) is 8.54. The lowest BCUT2D eigenvalue weighted by atomic mass is 9.85. The predicted molar refractivity (Wildman–Crippen MR) is 145 cm³/mol. The van der Waals surface area contributed by atoms with Crippen molar-refractivity contribution in [2.24, 2.45) is 5.10 Å². The van der Waals surface area contributed by atoms with Crippen LogP contribution in [0.1, 0.15) is 39.5 Å². The molecule has 2 N–H and O–H groups in total. The maximum absolute atomic E-state index is 13.2. The van der Waals surface area contributed by atoms with Crippen molar-refractivity contribution in [1.29, 1.82) is 0 Å². The number of rotatable bonds is 9. The van der Waals surface area contributed by atoms with Gasteiger partial charge in [0.15, 0.2) is 17.1 Å². The van der Waals surface area contributed by atoms with Crippen LogP contribution in [-0.2, 0) is 10.4 Å². The van der Waals surface area contributed by atoms with E-state index in [4.69, 9.17) is 9.47 Å². The molecule has 4 aromatic rings. The zero-order chi connectivity index (χ0) is 27.0. The minimum absolute atomic E-state index is 0.265. The van der Waals surface area contributed by atoms with Crippen LogP contribution in [0.15, 0.2) is 108 Å². The van der Waals surface area contributed by atoms with Gasteiger partial charge in [0.2, 0.25) is 0 Å². The number of hydrogen-bond acceptors (Lipinski definition) is 6. The van der Waals surface area contributed by atoms with Crippen LogP contribution in [0.4, 0.5) is 0 Å². The first-order valence-corrected chi connectivity index (χ1v) is 12.1. The Morgan fingerprint density at radius 2 is 1.47 bits per heavy atom. The van der Waals surface area contributed by atoms with E-state index in [1.54, 1.807) is 78.9 Å². The molecule has 4 aromatic carbocycles. The van der Waals surface area contributed by atoms with Crippen LogP contribution in [0.5, 0.6) is 11.5 Å². The number of amides is 1. The number of hydrazone groups is 1. The third-order valence-electron chi connectivity index (χ3n) is 5.85.